The highest BCUT2D eigenvalue weighted by Crippen LogP contribution is 2.39. The number of rotatable bonds is 2. The zero-order valence-electron chi connectivity index (χ0n) is 13.6. The second kappa shape index (κ2) is 6.23. The average molecular weight is 328 g/mol. The number of halogens is 3. The molecule has 0 saturated carbocycles. The molecule has 2 heterocycles. The summed E-state index contributed by atoms with van der Waals surface area (Å²) in [4.78, 5) is 4.24. The number of nitrogens with zero attached hydrogens (tertiary/aromatic N) is 2. The summed E-state index contributed by atoms with van der Waals surface area (Å²) < 4.78 is 45.0. The van der Waals surface area contributed by atoms with Crippen molar-refractivity contribution in [3.05, 3.63) is 23.8 Å². The second-order valence-electron chi connectivity index (χ2n) is 6.56. The SMILES string of the molecule is CC1CN(c2ccc(C(F)(F)F)cc2N2CCCC2)CC(C)O1. The van der Waals surface area contributed by atoms with Gasteiger partial charge < -0.3 is 14.5 Å². The molecule has 2 aliphatic rings. The van der Waals surface area contributed by atoms with Gasteiger partial charge in [0.05, 0.1) is 29.1 Å². The number of anilines is 2. The molecule has 2 saturated heterocycles. The van der Waals surface area contributed by atoms with Gasteiger partial charge in [0, 0.05) is 26.2 Å². The summed E-state index contributed by atoms with van der Waals surface area (Å²) in [6.45, 7) is 7.06. The lowest BCUT2D eigenvalue weighted by atomic mass is 10.1. The van der Waals surface area contributed by atoms with Gasteiger partial charge in [-0.15, -0.1) is 0 Å². The van der Waals surface area contributed by atoms with Crippen LogP contribution < -0.4 is 9.80 Å². The Morgan fingerprint density at radius 2 is 1.57 bits per heavy atom. The van der Waals surface area contributed by atoms with Crippen molar-refractivity contribution in [1.29, 1.82) is 0 Å². The first-order valence-electron chi connectivity index (χ1n) is 8.21. The summed E-state index contributed by atoms with van der Waals surface area (Å²) in [7, 11) is 0. The first kappa shape index (κ1) is 16.4. The molecule has 0 amide bonds. The highest BCUT2D eigenvalue weighted by Gasteiger charge is 2.33. The minimum absolute atomic E-state index is 0.0764. The monoisotopic (exact) mass is 328 g/mol. The van der Waals surface area contributed by atoms with Crippen LogP contribution in [0.25, 0.3) is 0 Å². The maximum Gasteiger partial charge on any atom is 0.416 e. The zero-order chi connectivity index (χ0) is 16.6. The highest BCUT2D eigenvalue weighted by atomic mass is 19.4. The van der Waals surface area contributed by atoms with E-state index in [0.717, 1.165) is 31.6 Å². The average Bonchev–Trinajstić information content (AvgIpc) is 2.98. The van der Waals surface area contributed by atoms with Crippen molar-refractivity contribution in [3.63, 3.8) is 0 Å². The molecule has 3 rings (SSSR count). The molecule has 0 radical (unpaired) electrons. The van der Waals surface area contributed by atoms with Crippen LogP contribution >= 0.6 is 0 Å². The molecular formula is C17H23F3N2O. The Balaban J connectivity index is 1.97. The van der Waals surface area contributed by atoms with E-state index in [4.69, 9.17) is 4.74 Å². The first-order valence-corrected chi connectivity index (χ1v) is 8.21. The van der Waals surface area contributed by atoms with Gasteiger partial charge in [0.15, 0.2) is 0 Å². The molecule has 128 valence electrons. The zero-order valence-corrected chi connectivity index (χ0v) is 13.6. The third-order valence-corrected chi connectivity index (χ3v) is 4.51. The number of hydrogen-bond acceptors (Lipinski definition) is 3. The Bertz CT molecular complexity index is 545. The lowest BCUT2D eigenvalue weighted by molar-refractivity contribution is -0.137. The van der Waals surface area contributed by atoms with E-state index in [9.17, 15) is 13.2 Å². The van der Waals surface area contributed by atoms with Gasteiger partial charge in [0.25, 0.3) is 0 Å². The van der Waals surface area contributed by atoms with Crippen LogP contribution in [0.1, 0.15) is 32.3 Å². The van der Waals surface area contributed by atoms with E-state index < -0.39 is 11.7 Å². The summed E-state index contributed by atoms with van der Waals surface area (Å²) >= 11 is 0. The molecule has 3 nitrogen and oxygen atoms in total. The summed E-state index contributed by atoms with van der Waals surface area (Å²) in [5.74, 6) is 0. The number of hydrogen-bond donors (Lipinski definition) is 0. The van der Waals surface area contributed by atoms with Crippen LogP contribution in [0.5, 0.6) is 0 Å². The molecule has 2 unspecified atom stereocenters. The van der Waals surface area contributed by atoms with E-state index in [1.807, 2.05) is 13.8 Å². The summed E-state index contributed by atoms with van der Waals surface area (Å²) in [6.07, 6.45) is -2.09. The summed E-state index contributed by atoms with van der Waals surface area (Å²) in [5, 5.41) is 0. The van der Waals surface area contributed by atoms with Gasteiger partial charge in [-0.3, -0.25) is 0 Å². The molecule has 23 heavy (non-hydrogen) atoms. The number of morpholine rings is 1. The molecule has 2 aliphatic heterocycles. The number of ether oxygens (including phenoxy) is 1. The molecule has 0 aliphatic carbocycles. The van der Waals surface area contributed by atoms with E-state index >= 15 is 0 Å². The third kappa shape index (κ3) is 3.57. The largest absolute Gasteiger partial charge is 0.416 e. The van der Waals surface area contributed by atoms with Crippen molar-refractivity contribution >= 4 is 11.4 Å². The van der Waals surface area contributed by atoms with Crippen LogP contribution in [0.2, 0.25) is 0 Å². The standard InChI is InChI=1S/C17H23F3N2O/c1-12-10-22(11-13(2)23-12)15-6-5-14(17(18,19)20)9-16(15)21-7-3-4-8-21/h5-6,9,12-13H,3-4,7-8,10-11H2,1-2H3. The Labute approximate surface area is 135 Å². The quantitative estimate of drug-likeness (QED) is 0.818. The predicted molar refractivity (Wildman–Crippen MR) is 85.1 cm³/mol. The van der Waals surface area contributed by atoms with Crippen LogP contribution in [0.4, 0.5) is 24.5 Å². The van der Waals surface area contributed by atoms with Crippen molar-refractivity contribution in [1.82, 2.24) is 0 Å². The van der Waals surface area contributed by atoms with Gasteiger partial charge in [-0.25, -0.2) is 0 Å². The van der Waals surface area contributed by atoms with Crippen LogP contribution in [-0.2, 0) is 10.9 Å². The first-order chi connectivity index (χ1) is 10.8. The predicted octanol–water partition coefficient (Wildman–Crippen LogP) is 3.92. The third-order valence-electron chi connectivity index (χ3n) is 4.51. The van der Waals surface area contributed by atoms with Crippen molar-refractivity contribution in [3.8, 4) is 0 Å². The van der Waals surface area contributed by atoms with E-state index in [-0.39, 0.29) is 12.2 Å². The molecule has 2 atom stereocenters. The van der Waals surface area contributed by atoms with E-state index in [2.05, 4.69) is 9.80 Å². The maximum atomic E-state index is 13.1. The fourth-order valence-electron chi connectivity index (χ4n) is 3.55. The lowest BCUT2D eigenvalue weighted by Crippen LogP contribution is -2.46. The Kier molecular flexibility index (Phi) is 4.45. The maximum absolute atomic E-state index is 13.1. The minimum atomic E-state index is -4.31. The van der Waals surface area contributed by atoms with Crippen LogP contribution in [0.15, 0.2) is 18.2 Å². The van der Waals surface area contributed by atoms with Crippen LogP contribution in [-0.4, -0.2) is 38.4 Å². The molecule has 1 aromatic rings. The fraction of sp³-hybridized carbons (Fsp3) is 0.647. The van der Waals surface area contributed by atoms with Crippen LogP contribution in [0.3, 0.4) is 0 Å². The summed E-state index contributed by atoms with van der Waals surface area (Å²) in [6, 6.07) is 4.13. The van der Waals surface area contributed by atoms with Crippen molar-refractivity contribution < 1.29 is 17.9 Å². The van der Waals surface area contributed by atoms with Crippen molar-refractivity contribution in [2.75, 3.05) is 36.0 Å². The van der Waals surface area contributed by atoms with E-state index in [1.165, 1.54) is 12.1 Å². The molecule has 0 N–H and O–H groups in total. The molecule has 0 bridgehead atoms. The van der Waals surface area contributed by atoms with Crippen molar-refractivity contribution in [2.45, 2.75) is 45.1 Å². The van der Waals surface area contributed by atoms with Crippen LogP contribution in [0, 0.1) is 0 Å². The normalized spacial score (nSPS) is 26.0. The minimum Gasteiger partial charge on any atom is -0.372 e. The molecule has 0 aromatic heterocycles. The van der Waals surface area contributed by atoms with Gasteiger partial charge in [-0.1, -0.05) is 0 Å². The fourth-order valence-corrected chi connectivity index (χ4v) is 3.55. The van der Waals surface area contributed by atoms with E-state index in [0.29, 0.717) is 18.8 Å². The molecule has 1 aromatic carbocycles. The Morgan fingerprint density at radius 1 is 0.957 bits per heavy atom. The second-order valence-corrected chi connectivity index (χ2v) is 6.56. The van der Waals surface area contributed by atoms with E-state index in [1.54, 1.807) is 6.07 Å². The summed E-state index contributed by atoms with van der Waals surface area (Å²) in [5.41, 5.74) is 1.03. The van der Waals surface area contributed by atoms with Gasteiger partial charge in [0.2, 0.25) is 0 Å². The Morgan fingerprint density at radius 3 is 2.13 bits per heavy atom. The molecule has 6 heteroatoms. The molecule has 2 fully saturated rings. The number of benzene rings is 1. The highest BCUT2D eigenvalue weighted by molar-refractivity contribution is 5.73. The van der Waals surface area contributed by atoms with Gasteiger partial charge in [-0.05, 0) is 44.9 Å². The topological polar surface area (TPSA) is 15.7 Å². The Hall–Kier alpha value is -1.43. The lowest BCUT2D eigenvalue weighted by Gasteiger charge is -2.39. The van der Waals surface area contributed by atoms with Gasteiger partial charge >= 0.3 is 6.18 Å². The molecule has 0 spiro atoms. The smallest absolute Gasteiger partial charge is 0.372 e. The van der Waals surface area contributed by atoms with Gasteiger partial charge in [0.1, 0.15) is 0 Å². The van der Waals surface area contributed by atoms with Crippen molar-refractivity contribution in [2.24, 2.45) is 0 Å². The van der Waals surface area contributed by atoms with Gasteiger partial charge in [-0.2, -0.15) is 13.2 Å². The number of alkyl halides is 3. The molecular weight excluding hydrogens is 305 g/mol.